The molecular weight excluding hydrogens is 270 g/mol. The average molecular weight is 291 g/mol. The Morgan fingerprint density at radius 2 is 2.00 bits per heavy atom. The number of carboxylic acids is 1. The molecule has 0 heterocycles. The van der Waals surface area contributed by atoms with Crippen molar-refractivity contribution in [2.75, 3.05) is 12.4 Å². The van der Waals surface area contributed by atoms with E-state index in [-0.39, 0.29) is 11.8 Å². The molecule has 2 atom stereocenters. The highest BCUT2D eigenvalue weighted by Gasteiger charge is 2.31. The SMILES string of the molecule is COc1ccc(NC(=O)C2CCCC(C(=O)O)C2)c(C)c1. The molecule has 1 aromatic carbocycles. The standard InChI is InChI=1S/C16H21NO4/c1-10-8-13(21-2)6-7-14(10)17-15(18)11-4-3-5-12(9-11)16(19)20/h6-8,11-12H,3-5,9H2,1-2H3,(H,17,18)(H,19,20). The van der Waals surface area contributed by atoms with Crippen LogP contribution in [0, 0.1) is 18.8 Å². The average Bonchev–Trinajstić information content (AvgIpc) is 2.49. The summed E-state index contributed by atoms with van der Waals surface area (Å²) >= 11 is 0. The molecule has 2 rings (SSSR count). The Kier molecular flexibility index (Phi) is 4.83. The zero-order chi connectivity index (χ0) is 15.4. The summed E-state index contributed by atoms with van der Waals surface area (Å²) in [6.07, 6.45) is 2.64. The fourth-order valence-electron chi connectivity index (χ4n) is 2.79. The van der Waals surface area contributed by atoms with E-state index in [0.29, 0.717) is 12.8 Å². The van der Waals surface area contributed by atoms with Crippen LogP contribution >= 0.6 is 0 Å². The fraction of sp³-hybridized carbons (Fsp3) is 0.500. The highest BCUT2D eigenvalue weighted by atomic mass is 16.5. The van der Waals surface area contributed by atoms with E-state index in [9.17, 15) is 9.59 Å². The first-order valence-corrected chi connectivity index (χ1v) is 7.19. The van der Waals surface area contributed by atoms with Gasteiger partial charge in [0.15, 0.2) is 0 Å². The van der Waals surface area contributed by atoms with E-state index in [0.717, 1.165) is 29.8 Å². The van der Waals surface area contributed by atoms with Gasteiger partial charge in [-0.2, -0.15) is 0 Å². The van der Waals surface area contributed by atoms with Crippen LogP contribution in [-0.2, 0) is 9.59 Å². The van der Waals surface area contributed by atoms with Gasteiger partial charge in [0.25, 0.3) is 0 Å². The van der Waals surface area contributed by atoms with E-state index in [4.69, 9.17) is 9.84 Å². The predicted molar refractivity (Wildman–Crippen MR) is 79.4 cm³/mol. The number of nitrogens with one attached hydrogen (secondary N) is 1. The first-order chi connectivity index (χ1) is 10.0. The summed E-state index contributed by atoms with van der Waals surface area (Å²) in [7, 11) is 1.60. The van der Waals surface area contributed by atoms with Gasteiger partial charge >= 0.3 is 5.97 Å². The Labute approximate surface area is 124 Å². The van der Waals surface area contributed by atoms with E-state index in [1.54, 1.807) is 13.2 Å². The van der Waals surface area contributed by atoms with E-state index in [1.807, 2.05) is 19.1 Å². The number of carbonyl (C=O) groups excluding carboxylic acids is 1. The minimum absolute atomic E-state index is 0.0887. The molecule has 1 amide bonds. The van der Waals surface area contributed by atoms with Gasteiger partial charge in [0.1, 0.15) is 5.75 Å². The Bertz CT molecular complexity index is 541. The number of anilines is 1. The van der Waals surface area contributed by atoms with Gasteiger partial charge in [0.2, 0.25) is 5.91 Å². The summed E-state index contributed by atoms with van der Waals surface area (Å²) in [5.41, 5.74) is 1.67. The molecular formula is C16H21NO4. The summed E-state index contributed by atoms with van der Waals surface area (Å²) in [4.78, 5) is 23.4. The molecule has 1 aliphatic rings. The maximum absolute atomic E-state index is 12.3. The van der Waals surface area contributed by atoms with E-state index in [1.165, 1.54) is 0 Å². The number of hydrogen-bond acceptors (Lipinski definition) is 3. The predicted octanol–water partition coefficient (Wildman–Crippen LogP) is 2.83. The quantitative estimate of drug-likeness (QED) is 0.894. The molecule has 2 N–H and O–H groups in total. The number of carboxylic acid groups (broad SMARTS) is 1. The van der Waals surface area contributed by atoms with Crippen molar-refractivity contribution in [3.8, 4) is 5.75 Å². The lowest BCUT2D eigenvalue weighted by Crippen LogP contribution is -2.31. The first kappa shape index (κ1) is 15.4. The minimum atomic E-state index is -0.798. The number of amides is 1. The van der Waals surface area contributed by atoms with E-state index < -0.39 is 11.9 Å². The lowest BCUT2D eigenvalue weighted by Gasteiger charge is -2.26. The maximum atomic E-state index is 12.3. The van der Waals surface area contributed by atoms with Gasteiger partial charge in [0, 0.05) is 11.6 Å². The summed E-state index contributed by atoms with van der Waals surface area (Å²) in [6.45, 7) is 1.90. The fourth-order valence-corrected chi connectivity index (χ4v) is 2.79. The molecule has 0 bridgehead atoms. The van der Waals surface area contributed by atoms with Crippen LogP contribution < -0.4 is 10.1 Å². The molecule has 1 saturated carbocycles. The molecule has 114 valence electrons. The summed E-state index contributed by atoms with van der Waals surface area (Å²) in [5.74, 6) is -0.760. The zero-order valence-electron chi connectivity index (χ0n) is 12.4. The first-order valence-electron chi connectivity index (χ1n) is 7.19. The van der Waals surface area contributed by atoms with Crippen molar-refractivity contribution in [3.05, 3.63) is 23.8 Å². The Balaban J connectivity index is 2.02. The van der Waals surface area contributed by atoms with Crippen LogP contribution in [0.2, 0.25) is 0 Å². The summed E-state index contributed by atoms with van der Waals surface area (Å²) in [5, 5.41) is 12.0. The van der Waals surface area contributed by atoms with Gasteiger partial charge in [0.05, 0.1) is 13.0 Å². The van der Waals surface area contributed by atoms with Crippen molar-refractivity contribution in [1.29, 1.82) is 0 Å². The largest absolute Gasteiger partial charge is 0.497 e. The van der Waals surface area contributed by atoms with E-state index >= 15 is 0 Å². The Morgan fingerprint density at radius 1 is 1.29 bits per heavy atom. The van der Waals surface area contributed by atoms with Crippen molar-refractivity contribution < 1.29 is 19.4 Å². The van der Waals surface area contributed by atoms with Crippen LogP contribution in [0.5, 0.6) is 5.75 Å². The van der Waals surface area contributed by atoms with Gasteiger partial charge in [-0.05, 0) is 49.9 Å². The second-order valence-electron chi connectivity index (χ2n) is 5.57. The molecule has 1 aliphatic carbocycles. The van der Waals surface area contributed by atoms with Gasteiger partial charge in [-0.1, -0.05) is 6.42 Å². The lowest BCUT2D eigenvalue weighted by atomic mass is 9.81. The van der Waals surface area contributed by atoms with E-state index in [2.05, 4.69) is 5.32 Å². The molecule has 5 heteroatoms. The van der Waals surface area contributed by atoms with Crippen molar-refractivity contribution in [2.24, 2.45) is 11.8 Å². The van der Waals surface area contributed by atoms with Crippen LogP contribution in [0.4, 0.5) is 5.69 Å². The Morgan fingerprint density at radius 3 is 2.62 bits per heavy atom. The second-order valence-corrected chi connectivity index (χ2v) is 5.57. The third-order valence-corrected chi connectivity index (χ3v) is 4.09. The molecule has 5 nitrogen and oxygen atoms in total. The number of methoxy groups -OCH3 is 1. The van der Waals surface area contributed by atoms with Crippen molar-refractivity contribution in [3.63, 3.8) is 0 Å². The molecule has 0 spiro atoms. The number of aliphatic carboxylic acids is 1. The van der Waals surface area contributed by atoms with Gasteiger partial charge in [-0.15, -0.1) is 0 Å². The Hall–Kier alpha value is -2.04. The van der Waals surface area contributed by atoms with Crippen LogP contribution in [0.25, 0.3) is 0 Å². The topological polar surface area (TPSA) is 75.6 Å². The molecule has 0 aliphatic heterocycles. The van der Waals surface area contributed by atoms with Crippen molar-refractivity contribution in [2.45, 2.75) is 32.6 Å². The minimum Gasteiger partial charge on any atom is -0.497 e. The highest BCUT2D eigenvalue weighted by Crippen LogP contribution is 2.30. The third-order valence-electron chi connectivity index (χ3n) is 4.09. The summed E-state index contributed by atoms with van der Waals surface area (Å²) < 4.78 is 5.13. The van der Waals surface area contributed by atoms with Gasteiger partial charge in [-0.3, -0.25) is 9.59 Å². The van der Waals surface area contributed by atoms with Gasteiger partial charge < -0.3 is 15.2 Å². The van der Waals surface area contributed by atoms with Gasteiger partial charge in [-0.25, -0.2) is 0 Å². The number of rotatable bonds is 4. The normalized spacial score (nSPS) is 21.6. The van der Waals surface area contributed by atoms with Crippen LogP contribution in [-0.4, -0.2) is 24.1 Å². The number of benzene rings is 1. The molecule has 1 fully saturated rings. The number of carbonyl (C=O) groups is 2. The number of hydrogen-bond donors (Lipinski definition) is 2. The monoisotopic (exact) mass is 291 g/mol. The smallest absolute Gasteiger partial charge is 0.306 e. The molecule has 2 unspecified atom stereocenters. The molecule has 21 heavy (non-hydrogen) atoms. The second kappa shape index (κ2) is 6.61. The van der Waals surface area contributed by atoms with Crippen LogP contribution in [0.1, 0.15) is 31.2 Å². The summed E-state index contributed by atoms with van der Waals surface area (Å²) in [6, 6.07) is 5.46. The number of ether oxygens (including phenoxy) is 1. The van der Waals surface area contributed by atoms with Crippen molar-refractivity contribution in [1.82, 2.24) is 0 Å². The van der Waals surface area contributed by atoms with Crippen LogP contribution in [0.3, 0.4) is 0 Å². The molecule has 0 saturated heterocycles. The molecule has 1 aromatic rings. The van der Waals surface area contributed by atoms with Crippen molar-refractivity contribution >= 4 is 17.6 Å². The van der Waals surface area contributed by atoms with Crippen LogP contribution in [0.15, 0.2) is 18.2 Å². The number of aryl methyl sites for hydroxylation is 1. The zero-order valence-corrected chi connectivity index (χ0v) is 12.4. The lowest BCUT2D eigenvalue weighted by molar-refractivity contribution is -0.143. The molecule has 0 radical (unpaired) electrons. The third kappa shape index (κ3) is 3.74. The maximum Gasteiger partial charge on any atom is 0.306 e. The molecule has 0 aromatic heterocycles. The highest BCUT2D eigenvalue weighted by molar-refractivity contribution is 5.93.